The Kier molecular flexibility index (Phi) is 10.7. The summed E-state index contributed by atoms with van der Waals surface area (Å²) in [5.41, 5.74) is 3.34. The number of thiol groups is 1. The van der Waals surface area contributed by atoms with E-state index in [1.165, 1.54) is 0 Å². The predicted octanol–water partition coefficient (Wildman–Crippen LogP) is -4.10. The van der Waals surface area contributed by atoms with Gasteiger partial charge in [0.05, 0.1) is 5.75 Å². The molecule has 0 unspecified atom stereocenters. The number of halogens is 1. The minimum atomic E-state index is -1.35. The molecule has 3 atom stereocenters. The van der Waals surface area contributed by atoms with E-state index in [-0.39, 0.29) is 18.2 Å². The van der Waals surface area contributed by atoms with Gasteiger partial charge in [-0.25, -0.2) is 4.79 Å². The van der Waals surface area contributed by atoms with E-state index in [1.54, 1.807) is 0 Å². The molecule has 0 aliphatic rings. The minimum Gasteiger partial charge on any atom is -1.00 e. The van der Waals surface area contributed by atoms with Gasteiger partial charge in [0.25, 0.3) is 0 Å². The third kappa shape index (κ3) is 7.21. The van der Waals surface area contributed by atoms with E-state index in [1.807, 2.05) is 0 Å². The smallest absolute Gasteiger partial charge is 0.363 e. The normalized spacial score (nSPS) is 15.0. The molecule has 0 saturated carbocycles. The van der Waals surface area contributed by atoms with E-state index in [0.717, 1.165) is 21.6 Å². The van der Waals surface area contributed by atoms with E-state index in [0.29, 0.717) is 0 Å². The van der Waals surface area contributed by atoms with Gasteiger partial charge in [-0.1, -0.05) is 21.6 Å². The maximum atomic E-state index is 10.8. The lowest BCUT2D eigenvalue weighted by Gasteiger charge is -2.14. The van der Waals surface area contributed by atoms with Crippen LogP contribution in [0.4, 0.5) is 0 Å². The van der Waals surface area contributed by atoms with E-state index in [9.17, 15) is 14.4 Å². The Morgan fingerprint density at radius 2 is 1.61 bits per heavy atom. The number of carbonyl (C=O) groups is 3. The van der Waals surface area contributed by atoms with E-state index >= 15 is 0 Å². The highest BCUT2D eigenvalue weighted by Gasteiger charge is 2.32. The van der Waals surface area contributed by atoms with Crippen molar-refractivity contribution in [3.8, 4) is 0 Å². The molecule has 0 fully saturated rings. The van der Waals surface area contributed by atoms with Crippen molar-refractivity contribution in [3.63, 3.8) is 0 Å². The standard InChI is InChI=1S/C7H11NO6S3.ClH/c8-2(5(9)10)1-16-17-4(7(13)14)3(15)6(11)12;/h2-4,15H,1,8H2,(H,9,10)(H,11,12)(H,13,14);1H/t2-,3-,4+;/m0./s1. The fourth-order valence-corrected chi connectivity index (χ4v) is 3.77. The van der Waals surface area contributed by atoms with E-state index in [2.05, 4.69) is 18.4 Å². The van der Waals surface area contributed by atoms with Crippen molar-refractivity contribution in [2.75, 3.05) is 5.75 Å². The van der Waals surface area contributed by atoms with Crippen LogP contribution < -0.4 is 18.1 Å². The van der Waals surface area contributed by atoms with Crippen molar-refractivity contribution in [1.82, 2.24) is 0 Å². The predicted molar refractivity (Wildman–Crippen MR) is 66.2 cm³/mol. The van der Waals surface area contributed by atoms with Crippen LogP contribution in [0.5, 0.6) is 0 Å². The molecule has 6 N–H and O–H groups in total. The zero-order chi connectivity index (χ0) is 13.6. The first kappa shape index (κ1) is 20.0. The van der Waals surface area contributed by atoms with Gasteiger partial charge < -0.3 is 33.5 Å². The summed E-state index contributed by atoms with van der Waals surface area (Å²) in [6.07, 6.45) is 0. The van der Waals surface area contributed by atoms with Crippen LogP contribution in [0.25, 0.3) is 0 Å². The average Bonchev–Trinajstić information content (AvgIpc) is 2.22. The van der Waals surface area contributed by atoms with Gasteiger partial charge in [-0.05, 0) is 0 Å². The summed E-state index contributed by atoms with van der Waals surface area (Å²) >= 11 is 3.68. The minimum absolute atomic E-state index is 0. The lowest BCUT2D eigenvalue weighted by Crippen LogP contribution is -3.00. The number of aliphatic carboxylic acids is 3. The fourth-order valence-electron chi connectivity index (χ4n) is 0.624. The number of hydrogen-bond donors (Lipinski definition) is 5. The van der Waals surface area contributed by atoms with Crippen LogP contribution in [0.1, 0.15) is 0 Å². The topological polar surface area (TPSA) is 140 Å². The molecule has 18 heavy (non-hydrogen) atoms. The van der Waals surface area contributed by atoms with Crippen LogP contribution in [0.15, 0.2) is 0 Å². The third-order valence-electron chi connectivity index (χ3n) is 1.57. The molecule has 0 spiro atoms. The quantitative estimate of drug-likeness (QED) is 0.222. The summed E-state index contributed by atoms with van der Waals surface area (Å²) in [5.74, 6) is -3.64. The summed E-state index contributed by atoms with van der Waals surface area (Å²) in [7, 11) is 1.72. The largest absolute Gasteiger partial charge is 1.00 e. The molecule has 0 aliphatic carbocycles. The number of rotatable bonds is 8. The molecule has 11 heteroatoms. The van der Waals surface area contributed by atoms with Gasteiger partial charge in [-0.3, -0.25) is 9.59 Å². The van der Waals surface area contributed by atoms with Gasteiger partial charge in [-0.2, -0.15) is 12.6 Å². The lowest BCUT2D eigenvalue weighted by atomic mass is 10.3. The molecule has 0 bridgehead atoms. The van der Waals surface area contributed by atoms with Gasteiger partial charge in [0, 0.05) is 0 Å². The van der Waals surface area contributed by atoms with Gasteiger partial charge in [-0.15, -0.1) is 0 Å². The Labute approximate surface area is 122 Å². The maximum absolute atomic E-state index is 10.8. The highest BCUT2D eigenvalue weighted by molar-refractivity contribution is 8.77. The van der Waals surface area contributed by atoms with Crippen LogP contribution in [0.2, 0.25) is 0 Å². The molecule has 0 heterocycles. The highest BCUT2D eigenvalue weighted by atomic mass is 35.5. The fraction of sp³-hybridized carbons (Fsp3) is 0.571. The van der Waals surface area contributed by atoms with Crippen molar-refractivity contribution < 1.29 is 47.8 Å². The molecule has 0 rings (SSSR count). The molecule has 0 saturated heterocycles. The first-order chi connectivity index (χ1) is 7.77. The van der Waals surface area contributed by atoms with Gasteiger partial charge >= 0.3 is 17.9 Å². The number of hydrogen-bond acceptors (Lipinski definition) is 6. The van der Waals surface area contributed by atoms with Crippen LogP contribution in [0, 0.1) is 0 Å². The molecule has 0 radical (unpaired) electrons. The van der Waals surface area contributed by atoms with Crippen LogP contribution in [-0.2, 0) is 14.4 Å². The SMILES string of the molecule is [Cl-].[NH3+][C@@H](CSS[C@@H](C(=O)O)[C@H](S)C(=O)O)C(=O)O. The number of carboxylic acids is 3. The summed E-state index contributed by atoms with van der Waals surface area (Å²) < 4.78 is 0. The van der Waals surface area contributed by atoms with E-state index in [4.69, 9.17) is 15.3 Å². The first-order valence-electron chi connectivity index (χ1n) is 4.25. The Morgan fingerprint density at radius 3 is 1.94 bits per heavy atom. The van der Waals surface area contributed by atoms with Gasteiger partial charge in [0.2, 0.25) is 0 Å². The van der Waals surface area contributed by atoms with Gasteiger partial charge in [0.1, 0.15) is 10.5 Å². The van der Waals surface area contributed by atoms with Crippen LogP contribution >= 0.6 is 34.2 Å². The molecule has 0 amide bonds. The zero-order valence-corrected chi connectivity index (χ0v) is 12.1. The van der Waals surface area contributed by atoms with E-state index < -0.39 is 34.4 Å². The molecule has 7 nitrogen and oxygen atoms in total. The molecular weight excluding hydrogens is 326 g/mol. The number of quaternary nitrogens is 1. The first-order valence-corrected chi connectivity index (χ1v) is 7.15. The second-order valence-electron chi connectivity index (χ2n) is 2.96. The molecule has 0 aromatic rings. The molecule has 106 valence electrons. The van der Waals surface area contributed by atoms with Gasteiger partial charge in [0.15, 0.2) is 6.04 Å². The summed E-state index contributed by atoms with van der Waals surface area (Å²) in [4.78, 5) is 31.8. The van der Waals surface area contributed by atoms with Crippen molar-refractivity contribution in [3.05, 3.63) is 0 Å². The summed E-state index contributed by atoms with van der Waals surface area (Å²) in [6.45, 7) is 0. The molecular formula is C7H12ClNO6S3. The Morgan fingerprint density at radius 1 is 1.11 bits per heavy atom. The zero-order valence-electron chi connectivity index (χ0n) is 8.85. The molecule has 0 aromatic carbocycles. The van der Waals surface area contributed by atoms with Crippen molar-refractivity contribution >= 4 is 52.1 Å². The summed E-state index contributed by atoms with van der Waals surface area (Å²) in [5, 5.41) is 23.4. The maximum Gasteiger partial charge on any atom is 0.363 e. The summed E-state index contributed by atoms with van der Waals surface area (Å²) in [6, 6.07) is -0.870. The molecule has 0 aromatic heterocycles. The number of carboxylic acid groups (broad SMARTS) is 3. The van der Waals surface area contributed by atoms with Crippen molar-refractivity contribution in [1.29, 1.82) is 0 Å². The van der Waals surface area contributed by atoms with Crippen LogP contribution in [0.3, 0.4) is 0 Å². The molecule has 0 aliphatic heterocycles. The van der Waals surface area contributed by atoms with Crippen molar-refractivity contribution in [2.24, 2.45) is 0 Å². The van der Waals surface area contributed by atoms with Crippen LogP contribution in [-0.4, -0.2) is 55.5 Å². The third-order valence-corrected chi connectivity index (χ3v) is 5.09. The second kappa shape index (κ2) is 9.62. The average molecular weight is 338 g/mol. The Balaban J connectivity index is 0. The lowest BCUT2D eigenvalue weighted by molar-refractivity contribution is -0.400. The Bertz CT molecular complexity index is 318. The Hall–Kier alpha value is -0.290. The second-order valence-corrected chi connectivity index (χ2v) is 6.07. The highest BCUT2D eigenvalue weighted by Crippen LogP contribution is 2.31. The monoisotopic (exact) mass is 337 g/mol. The van der Waals surface area contributed by atoms with Crippen molar-refractivity contribution in [2.45, 2.75) is 16.5 Å².